The Labute approximate surface area is 189 Å². The molecule has 0 amide bonds. The highest BCUT2D eigenvalue weighted by Crippen LogP contribution is 2.35. The molecule has 0 aliphatic carbocycles. The third kappa shape index (κ3) is 5.74. The molecule has 0 fully saturated rings. The van der Waals surface area contributed by atoms with Crippen LogP contribution in [0.3, 0.4) is 0 Å². The van der Waals surface area contributed by atoms with Crippen LogP contribution in [0.1, 0.15) is 5.56 Å². The van der Waals surface area contributed by atoms with Gasteiger partial charge >= 0.3 is 0 Å². The van der Waals surface area contributed by atoms with E-state index in [0.717, 1.165) is 24.5 Å². The Balaban J connectivity index is 1.79. The van der Waals surface area contributed by atoms with Crippen LogP contribution < -0.4 is 25.6 Å². The topological polar surface area (TPSA) is 75.2 Å². The van der Waals surface area contributed by atoms with E-state index in [0.29, 0.717) is 21.2 Å². The van der Waals surface area contributed by atoms with Gasteiger partial charge in [-0.05, 0) is 48.7 Å². The lowest BCUT2D eigenvalue weighted by molar-refractivity contribution is 0.602. The van der Waals surface area contributed by atoms with Gasteiger partial charge in [0.15, 0.2) is 0 Å². The second-order valence-electron chi connectivity index (χ2n) is 6.46. The molecule has 30 heavy (non-hydrogen) atoms. The number of nitriles is 1. The zero-order chi connectivity index (χ0) is 21.5. The van der Waals surface area contributed by atoms with Crippen molar-refractivity contribution < 1.29 is 4.39 Å². The van der Waals surface area contributed by atoms with Crippen LogP contribution in [0.5, 0.6) is 0 Å². The van der Waals surface area contributed by atoms with E-state index in [4.69, 9.17) is 11.6 Å². The minimum absolute atomic E-state index is 0.0136. The molecule has 1 atom stereocenters. The van der Waals surface area contributed by atoms with Crippen molar-refractivity contribution in [1.82, 2.24) is 15.4 Å². The predicted octanol–water partition coefficient (Wildman–Crippen LogP) is 4.44. The van der Waals surface area contributed by atoms with E-state index in [1.807, 2.05) is 30.6 Å². The van der Waals surface area contributed by atoms with Crippen molar-refractivity contribution in [2.75, 3.05) is 37.4 Å². The minimum atomic E-state index is -0.380. The number of likely N-dealkylation sites (N-methyl/N-ethyl adjacent to an activating group) is 2. The molecule has 0 spiro atoms. The first-order chi connectivity index (χ1) is 14.5. The smallest absolute Gasteiger partial charge is 0.140 e. The van der Waals surface area contributed by atoms with Crippen molar-refractivity contribution in [3.63, 3.8) is 0 Å². The third-order valence-corrected chi connectivity index (χ3v) is 6.50. The van der Waals surface area contributed by atoms with E-state index in [2.05, 4.69) is 26.7 Å². The lowest BCUT2D eigenvalue weighted by Crippen LogP contribution is -2.28. The van der Waals surface area contributed by atoms with Crippen molar-refractivity contribution in [1.29, 1.82) is 5.26 Å². The normalized spacial score (nSPS) is 15.0. The second-order valence-corrected chi connectivity index (χ2v) is 8.76. The highest BCUT2D eigenvalue weighted by atomic mass is 35.5. The summed E-state index contributed by atoms with van der Waals surface area (Å²) in [5, 5.41) is 21.0. The number of hydrogen-bond donors (Lipinski definition) is 4. The molecule has 1 aliphatic heterocycles. The van der Waals surface area contributed by atoms with E-state index < -0.39 is 0 Å². The van der Waals surface area contributed by atoms with Gasteiger partial charge in [-0.3, -0.25) is 0 Å². The first-order valence-electron chi connectivity index (χ1n) is 9.16. The largest absolute Gasteiger partial charge is 0.372 e. The molecule has 1 aliphatic rings. The van der Waals surface area contributed by atoms with Crippen LogP contribution in [-0.4, -0.2) is 32.7 Å². The number of rotatable bonds is 9. The molecule has 1 unspecified atom stereocenters. The quantitative estimate of drug-likeness (QED) is 0.406. The SMILES string of the molecule is CNCCN(C)c1cc(C#N)ccc1Nc1cc(F)c(SNC2NC=CS2)cc1Cl. The molecule has 4 N–H and O–H groups in total. The zero-order valence-corrected chi connectivity index (χ0v) is 18.9. The third-order valence-electron chi connectivity index (χ3n) is 4.33. The van der Waals surface area contributed by atoms with Crippen LogP contribution in [0, 0.1) is 17.1 Å². The van der Waals surface area contributed by atoms with Crippen LogP contribution in [0.2, 0.25) is 5.02 Å². The van der Waals surface area contributed by atoms with E-state index in [9.17, 15) is 9.65 Å². The maximum absolute atomic E-state index is 14.7. The molecular formula is C20H22ClFN6S2. The van der Waals surface area contributed by atoms with E-state index in [-0.39, 0.29) is 11.3 Å². The molecule has 2 aromatic carbocycles. The maximum Gasteiger partial charge on any atom is 0.140 e. The Morgan fingerprint density at radius 1 is 1.33 bits per heavy atom. The first-order valence-corrected chi connectivity index (χ1v) is 11.3. The molecule has 0 saturated carbocycles. The molecule has 0 bridgehead atoms. The van der Waals surface area contributed by atoms with Gasteiger partial charge in [-0.1, -0.05) is 23.4 Å². The van der Waals surface area contributed by atoms with Crippen LogP contribution in [-0.2, 0) is 0 Å². The monoisotopic (exact) mass is 464 g/mol. The molecule has 0 saturated heterocycles. The lowest BCUT2D eigenvalue weighted by atomic mass is 10.1. The van der Waals surface area contributed by atoms with Gasteiger partial charge in [-0.25, -0.2) is 9.11 Å². The van der Waals surface area contributed by atoms with Gasteiger partial charge in [0.25, 0.3) is 0 Å². The summed E-state index contributed by atoms with van der Waals surface area (Å²) in [6.07, 6.45) is 1.84. The second kappa shape index (κ2) is 10.8. The molecule has 1 heterocycles. The Hall–Kier alpha value is -2.09. The van der Waals surface area contributed by atoms with Gasteiger partial charge in [0, 0.05) is 32.4 Å². The number of halogens is 2. The number of nitrogens with zero attached hydrogens (tertiary/aromatic N) is 2. The van der Waals surface area contributed by atoms with Gasteiger partial charge in [0.2, 0.25) is 0 Å². The average Bonchev–Trinajstić information content (AvgIpc) is 3.27. The standard InChI is InChI=1S/C20H22ClFN6S2/c1-24-5-7-28(2)18-9-13(12-23)3-4-16(18)26-17-11-15(22)19(10-14(17)21)30-27-20-25-6-8-29-20/h3-4,6,8-11,20,24-27H,5,7H2,1-2H3. The molecule has 10 heteroatoms. The summed E-state index contributed by atoms with van der Waals surface area (Å²) in [6, 6.07) is 10.5. The van der Waals surface area contributed by atoms with Crippen molar-refractivity contribution in [3.8, 4) is 6.07 Å². The van der Waals surface area contributed by atoms with Gasteiger partial charge in [0.05, 0.1) is 38.6 Å². The Morgan fingerprint density at radius 3 is 2.87 bits per heavy atom. The number of anilines is 3. The summed E-state index contributed by atoms with van der Waals surface area (Å²) in [5.41, 5.74) is 2.57. The predicted molar refractivity (Wildman–Crippen MR) is 126 cm³/mol. The minimum Gasteiger partial charge on any atom is -0.372 e. The summed E-state index contributed by atoms with van der Waals surface area (Å²) in [5.74, 6) is -0.380. The summed E-state index contributed by atoms with van der Waals surface area (Å²) < 4.78 is 17.8. The highest BCUT2D eigenvalue weighted by molar-refractivity contribution is 8.04. The van der Waals surface area contributed by atoms with Crippen molar-refractivity contribution in [2.24, 2.45) is 0 Å². The van der Waals surface area contributed by atoms with Gasteiger partial charge in [-0.15, -0.1) is 0 Å². The van der Waals surface area contributed by atoms with Gasteiger partial charge < -0.3 is 20.9 Å². The summed E-state index contributed by atoms with van der Waals surface area (Å²) in [6.45, 7) is 1.52. The molecule has 158 valence electrons. The van der Waals surface area contributed by atoms with E-state index in [1.54, 1.807) is 36.0 Å². The van der Waals surface area contributed by atoms with Gasteiger partial charge in [0.1, 0.15) is 11.3 Å². The molecular weight excluding hydrogens is 443 g/mol. The Kier molecular flexibility index (Phi) is 8.13. The van der Waals surface area contributed by atoms with E-state index in [1.165, 1.54) is 18.0 Å². The van der Waals surface area contributed by atoms with Crippen LogP contribution >= 0.6 is 35.3 Å². The number of nitrogens with one attached hydrogen (secondary N) is 4. The number of hydrogen-bond acceptors (Lipinski definition) is 8. The number of thioether (sulfide) groups is 1. The van der Waals surface area contributed by atoms with Crippen LogP contribution in [0.15, 0.2) is 46.8 Å². The van der Waals surface area contributed by atoms with Crippen molar-refractivity contribution in [3.05, 3.63) is 58.3 Å². The zero-order valence-electron chi connectivity index (χ0n) is 16.5. The molecule has 0 aromatic heterocycles. The summed E-state index contributed by atoms with van der Waals surface area (Å²) in [4.78, 5) is 2.43. The molecule has 0 radical (unpaired) electrons. The van der Waals surface area contributed by atoms with Crippen LogP contribution in [0.25, 0.3) is 0 Å². The Morgan fingerprint density at radius 2 is 2.17 bits per heavy atom. The highest BCUT2D eigenvalue weighted by Gasteiger charge is 2.15. The fourth-order valence-corrected chi connectivity index (χ4v) is 4.48. The number of benzene rings is 2. The van der Waals surface area contributed by atoms with Gasteiger partial charge in [-0.2, -0.15) is 5.26 Å². The van der Waals surface area contributed by atoms with Crippen LogP contribution in [0.4, 0.5) is 21.5 Å². The first kappa shape index (κ1) is 22.6. The molecule has 6 nitrogen and oxygen atoms in total. The van der Waals surface area contributed by atoms with Crippen molar-refractivity contribution in [2.45, 2.75) is 10.4 Å². The molecule has 3 rings (SSSR count). The maximum atomic E-state index is 14.7. The average molecular weight is 465 g/mol. The van der Waals surface area contributed by atoms with E-state index >= 15 is 0 Å². The summed E-state index contributed by atoms with van der Waals surface area (Å²) >= 11 is 9.19. The lowest BCUT2D eigenvalue weighted by Gasteiger charge is -2.23. The fraction of sp³-hybridized carbons (Fsp3) is 0.250. The summed E-state index contributed by atoms with van der Waals surface area (Å²) in [7, 11) is 3.82. The Bertz CT molecular complexity index is 957. The fourth-order valence-electron chi connectivity index (χ4n) is 2.73. The molecule has 2 aromatic rings. The van der Waals surface area contributed by atoms with Crippen molar-refractivity contribution >= 4 is 52.4 Å².